The fourth-order valence-electron chi connectivity index (χ4n) is 2.18. The molecule has 0 amide bonds. The maximum absolute atomic E-state index is 9.50. The van der Waals surface area contributed by atoms with E-state index in [1.165, 1.54) is 12.1 Å². The van der Waals surface area contributed by atoms with Crippen LogP contribution in [0.2, 0.25) is 0 Å². The number of anilines is 1. The van der Waals surface area contributed by atoms with E-state index in [4.69, 9.17) is 4.74 Å². The first-order valence-electron chi connectivity index (χ1n) is 7.28. The Morgan fingerprint density at radius 2 is 1.52 bits per heavy atom. The highest BCUT2D eigenvalue weighted by Crippen LogP contribution is 2.28. The monoisotopic (exact) mass is 307 g/mol. The zero-order valence-corrected chi connectivity index (χ0v) is 12.4. The molecule has 4 heteroatoms. The summed E-state index contributed by atoms with van der Waals surface area (Å²) in [5.41, 5.74) is 1.78. The summed E-state index contributed by atoms with van der Waals surface area (Å²) in [5.74, 6) is 1.29. The second-order valence-corrected chi connectivity index (χ2v) is 5.12. The fraction of sp³-hybridized carbons (Fsp3) is 0.0526. The minimum atomic E-state index is -0.142. The van der Waals surface area contributed by atoms with Gasteiger partial charge in [-0.2, -0.15) is 0 Å². The molecule has 0 fully saturated rings. The summed E-state index contributed by atoms with van der Waals surface area (Å²) >= 11 is 0. The Labute approximate surface area is 134 Å². The molecule has 0 aromatic heterocycles. The van der Waals surface area contributed by atoms with Crippen LogP contribution in [-0.2, 0) is 6.54 Å². The summed E-state index contributed by atoms with van der Waals surface area (Å²) < 4.78 is 5.81. The zero-order chi connectivity index (χ0) is 16.1. The van der Waals surface area contributed by atoms with Gasteiger partial charge in [0.25, 0.3) is 0 Å². The van der Waals surface area contributed by atoms with E-state index >= 15 is 0 Å². The standard InChI is InChI=1S/C19H17NO3/c21-18-10-9-15(12-19(18)22)20-13-14-5-4-8-17(11-14)23-16-6-2-1-3-7-16/h1-12,20-22H,13H2. The van der Waals surface area contributed by atoms with Gasteiger partial charge in [-0.1, -0.05) is 30.3 Å². The molecule has 3 rings (SSSR count). The van der Waals surface area contributed by atoms with Crippen LogP contribution in [0.15, 0.2) is 72.8 Å². The van der Waals surface area contributed by atoms with Gasteiger partial charge in [-0.3, -0.25) is 0 Å². The molecule has 0 unspecified atom stereocenters. The summed E-state index contributed by atoms with van der Waals surface area (Å²) in [5, 5.41) is 22.0. The van der Waals surface area contributed by atoms with Crippen molar-refractivity contribution in [3.05, 3.63) is 78.4 Å². The van der Waals surface area contributed by atoms with Crippen LogP contribution in [0.4, 0.5) is 5.69 Å². The van der Waals surface area contributed by atoms with Gasteiger partial charge in [-0.05, 0) is 42.0 Å². The number of phenols is 2. The van der Waals surface area contributed by atoms with Crippen LogP contribution in [0.25, 0.3) is 0 Å². The van der Waals surface area contributed by atoms with E-state index in [1.807, 2.05) is 54.6 Å². The first-order valence-corrected chi connectivity index (χ1v) is 7.28. The van der Waals surface area contributed by atoms with Crippen molar-refractivity contribution in [3.63, 3.8) is 0 Å². The van der Waals surface area contributed by atoms with Crippen LogP contribution in [-0.4, -0.2) is 10.2 Å². The van der Waals surface area contributed by atoms with Crippen LogP contribution >= 0.6 is 0 Å². The molecule has 116 valence electrons. The van der Waals surface area contributed by atoms with E-state index in [2.05, 4.69) is 5.32 Å². The Kier molecular flexibility index (Phi) is 4.34. The first kappa shape index (κ1) is 14.8. The number of phenolic OH excluding ortho intramolecular Hbond substituents is 2. The Hall–Kier alpha value is -3.14. The van der Waals surface area contributed by atoms with Crippen molar-refractivity contribution in [1.29, 1.82) is 0 Å². The topological polar surface area (TPSA) is 61.7 Å². The summed E-state index contributed by atoms with van der Waals surface area (Å²) in [6, 6.07) is 22.0. The van der Waals surface area contributed by atoms with Gasteiger partial charge in [0.2, 0.25) is 0 Å². The fourth-order valence-corrected chi connectivity index (χ4v) is 2.18. The number of rotatable bonds is 5. The SMILES string of the molecule is Oc1ccc(NCc2cccc(Oc3ccccc3)c2)cc1O. The molecule has 3 aromatic carbocycles. The smallest absolute Gasteiger partial charge is 0.159 e. The minimum absolute atomic E-state index is 0.131. The zero-order valence-electron chi connectivity index (χ0n) is 12.4. The van der Waals surface area contributed by atoms with Crippen molar-refractivity contribution < 1.29 is 14.9 Å². The lowest BCUT2D eigenvalue weighted by Gasteiger charge is -2.10. The average molecular weight is 307 g/mol. The summed E-state index contributed by atoms with van der Waals surface area (Å²) in [4.78, 5) is 0. The molecule has 0 saturated heterocycles. The van der Waals surface area contributed by atoms with E-state index in [0.29, 0.717) is 6.54 Å². The van der Waals surface area contributed by atoms with Crippen molar-refractivity contribution in [2.45, 2.75) is 6.54 Å². The molecule has 0 aliphatic carbocycles. The molecule has 0 saturated carbocycles. The largest absolute Gasteiger partial charge is 0.504 e. The van der Waals surface area contributed by atoms with Crippen LogP contribution in [0.1, 0.15) is 5.56 Å². The number of para-hydroxylation sites is 1. The lowest BCUT2D eigenvalue weighted by Crippen LogP contribution is -1.99. The van der Waals surface area contributed by atoms with E-state index in [0.717, 1.165) is 22.7 Å². The van der Waals surface area contributed by atoms with E-state index in [-0.39, 0.29) is 11.5 Å². The predicted molar refractivity (Wildman–Crippen MR) is 90.1 cm³/mol. The van der Waals surface area contributed by atoms with E-state index < -0.39 is 0 Å². The molecule has 0 bridgehead atoms. The highest BCUT2D eigenvalue weighted by atomic mass is 16.5. The highest BCUT2D eigenvalue weighted by Gasteiger charge is 2.02. The van der Waals surface area contributed by atoms with Crippen molar-refractivity contribution in [1.82, 2.24) is 0 Å². The summed E-state index contributed by atoms with van der Waals surface area (Å²) in [7, 11) is 0. The Bertz CT molecular complexity index is 788. The third-order valence-corrected chi connectivity index (χ3v) is 3.35. The molecule has 0 atom stereocenters. The van der Waals surface area contributed by atoms with Gasteiger partial charge in [-0.25, -0.2) is 0 Å². The predicted octanol–water partition coefficient (Wildman–Crippen LogP) is 4.50. The van der Waals surface area contributed by atoms with E-state index in [1.54, 1.807) is 6.07 Å². The first-order chi connectivity index (χ1) is 11.2. The van der Waals surface area contributed by atoms with Gasteiger partial charge in [0.15, 0.2) is 11.5 Å². The third-order valence-electron chi connectivity index (χ3n) is 3.35. The Morgan fingerprint density at radius 1 is 0.739 bits per heavy atom. The third kappa shape index (κ3) is 3.95. The maximum Gasteiger partial charge on any atom is 0.159 e. The number of nitrogens with one attached hydrogen (secondary N) is 1. The van der Waals surface area contributed by atoms with Crippen LogP contribution < -0.4 is 10.1 Å². The van der Waals surface area contributed by atoms with Gasteiger partial charge in [0.1, 0.15) is 11.5 Å². The maximum atomic E-state index is 9.50. The molecule has 0 spiro atoms. The number of hydrogen-bond donors (Lipinski definition) is 3. The molecule has 23 heavy (non-hydrogen) atoms. The molecular weight excluding hydrogens is 290 g/mol. The second-order valence-electron chi connectivity index (χ2n) is 5.12. The van der Waals surface area contributed by atoms with Gasteiger partial charge in [0.05, 0.1) is 0 Å². The average Bonchev–Trinajstić information content (AvgIpc) is 2.57. The molecule has 0 radical (unpaired) electrons. The molecule has 0 aliphatic heterocycles. The van der Waals surface area contributed by atoms with Crippen LogP contribution in [0.3, 0.4) is 0 Å². The van der Waals surface area contributed by atoms with Crippen molar-refractivity contribution in [2.75, 3.05) is 5.32 Å². The quantitative estimate of drug-likeness (QED) is 0.479. The number of ether oxygens (including phenoxy) is 1. The molecular formula is C19H17NO3. The lowest BCUT2D eigenvalue weighted by molar-refractivity contribution is 0.404. The second kappa shape index (κ2) is 6.75. The highest BCUT2D eigenvalue weighted by molar-refractivity contribution is 5.53. The van der Waals surface area contributed by atoms with Gasteiger partial charge in [-0.15, -0.1) is 0 Å². The Balaban J connectivity index is 1.66. The lowest BCUT2D eigenvalue weighted by atomic mass is 10.2. The normalized spacial score (nSPS) is 10.3. The number of benzene rings is 3. The Morgan fingerprint density at radius 3 is 2.30 bits per heavy atom. The molecule has 0 heterocycles. The minimum Gasteiger partial charge on any atom is -0.504 e. The van der Waals surface area contributed by atoms with E-state index in [9.17, 15) is 10.2 Å². The van der Waals surface area contributed by atoms with Crippen molar-refractivity contribution in [3.8, 4) is 23.0 Å². The van der Waals surface area contributed by atoms with Crippen molar-refractivity contribution in [2.24, 2.45) is 0 Å². The van der Waals surface area contributed by atoms with Gasteiger partial charge in [0, 0.05) is 18.3 Å². The summed E-state index contributed by atoms with van der Waals surface area (Å²) in [6.45, 7) is 0.580. The van der Waals surface area contributed by atoms with Crippen molar-refractivity contribution >= 4 is 5.69 Å². The van der Waals surface area contributed by atoms with Gasteiger partial charge >= 0.3 is 0 Å². The molecule has 0 aliphatic rings. The van der Waals surface area contributed by atoms with Gasteiger partial charge < -0.3 is 20.3 Å². The molecule has 3 N–H and O–H groups in total. The summed E-state index contributed by atoms with van der Waals surface area (Å²) in [6.07, 6.45) is 0. The van der Waals surface area contributed by atoms with Crippen LogP contribution in [0.5, 0.6) is 23.0 Å². The van der Waals surface area contributed by atoms with Crippen LogP contribution in [0, 0.1) is 0 Å². The molecule has 3 aromatic rings. The number of hydrogen-bond acceptors (Lipinski definition) is 4. The number of aromatic hydroxyl groups is 2. The molecule has 4 nitrogen and oxygen atoms in total.